The van der Waals surface area contributed by atoms with Crippen LogP contribution in [0.25, 0.3) is 0 Å². The second kappa shape index (κ2) is 22.1. The summed E-state index contributed by atoms with van der Waals surface area (Å²) in [7, 11) is 3.60. The third kappa shape index (κ3) is 27.2. The Balaban J connectivity index is -0.0000000709. The fourth-order valence-corrected chi connectivity index (χ4v) is 0.783. The predicted octanol–water partition coefficient (Wildman–Crippen LogP) is -6.43. The summed E-state index contributed by atoms with van der Waals surface area (Å²) < 4.78 is 0. The molecule has 1 heterocycles. The zero-order valence-corrected chi connectivity index (χ0v) is 27.1. The number of halogens is 2. The van der Waals surface area contributed by atoms with Crippen LogP contribution in [0.15, 0.2) is 0 Å². The van der Waals surface area contributed by atoms with Crippen molar-refractivity contribution in [3.05, 3.63) is 0 Å². The van der Waals surface area contributed by atoms with Gasteiger partial charge in [-0.05, 0) is 12.6 Å². The first kappa shape index (κ1) is 28.9. The predicted molar refractivity (Wildman–Crippen MR) is 60.3 cm³/mol. The van der Waals surface area contributed by atoms with E-state index in [0.29, 0.717) is 5.91 Å². The van der Waals surface area contributed by atoms with E-state index in [1.165, 1.54) is 0 Å². The molecular weight excluding hydrogens is 733 g/mol. The molecule has 89 valence electrons. The Morgan fingerprint density at radius 3 is 1.75 bits per heavy atom. The van der Waals surface area contributed by atoms with Gasteiger partial charge in [0.25, 0.3) is 0 Å². The Morgan fingerprint density at radius 2 is 1.69 bits per heavy atom. The molecule has 1 amide bonds. The average molecular weight is 742 g/mol. The van der Waals surface area contributed by atoms with E-state index >= 15 is 0 Å². The van der Waals surface area contributed by atoms with Crippen molar-refractivity contribution < 1.29 is 166 Å². The van der Waals surface area contributed by atoms with Gasteiger partial charge in [-0.15, -0.1) is 0 Å². The van der Waals surface area contributed by atoms with Crippen molar-refractivity contribution in [1.82, 2.24) is 4.90 Å². The molecule has 1 fully saturated rings. The van der Waals surface area contributed by atoms with Crippen molar-refractivity contribution in [2.75, 3.05) is 13.6 Å². The van der Waals surface area contributed by atoms with Gasteiger partial charge in [0.05, 0.1) is 0 Å². The monoisotopic (exact) mass is 742 g/mol. The second-order valence-electron chi connectivity index (χ2n) is 2.21. The summed E-state index contributed by atoms with van der Waals surface area (Å²) in [6.07, 6.45) is -0.522. The summed E-state index contributed by atoms with van der Waals surface area (Å²) in [6, 6.07) is 0. The van der Waals surface area contributed by atoms with E-state index in [1.807, 2.05) is 7.05 Å². The van der Waals surface area contributed by atoms with E-state index < -0.39 is 6.16 Å². The average Bonchev–Trinajstić information content (AvgIpc) is 2.36. The maximum absolute atomic E-state index is 10.5. The van der Waals surface area contributed by atoms with Crippen LogP contribution in [-0.4, -0.2) is 30.6 Å². The number of hydrogen-bond donors (Lipinski definition) is 0. The van der Waals surface area contributed by atoms with Crippen molar-refractivity contribution >= 4 is 52.8 Å². The Kier molecular flexibility index (Phi) is 40.0. The summed E-state index contributed by atoms with van der Waals surface area (Å²) in [5.41, 5.74) is 0. The van der Waals surface area contributed by atoms with E-state index in [4.69, 9.17) is 15.0 Å². The number of nitrogens with zero attached hydrogens (tertiary/aromatic N) is 1. The van der Waals surface area contributed by atoms with E-state index in [0.717, 1.165) is 19.4 Å². The molecule has 0 aromatic carbocycles. The molecule has 0 aliphatic carbocycles. The van der Waals surface area contributed by atoms with Crippen molar-refractivity contribution in [3.8, 4) is 0 Å². The van der Waals surface area contributed by atoms with E-state index in [-0.39, 0.29) is 138 Å². The minimum atomic E-state index is -2.33. The fraction of sp³-hybridized carbons (Fsp3) is 0.667. The Bertz CT molecular complexity index is 186. The zero-order chi connectivity index (χ0) is 11.6. The Hall–Kier alpha value is 4.82. The van der Waals surface area contributed by atoms with E-state index in [9.17, 15) is 4.79 Å². The molecule has 0 bridgehead atoms. The molecule has 0 unspecified atom stereocenters. The van der Waals surface area contributed by atoms with Crippen molar-refractivity contribution in [2.24, 2.45) is 0 Å². The molecule has 0 atom stereocenters. The molecule has 1 aliphatic heterocycles. The van der Waals surface area contributed by atoms with Crippen LogP contribution >= 0.6 is 40.7 Å². The molecule has 16 heavy (non-hydrogen) atoms. The maximum atomic E-state index is 10.5. The van der Waals surface area contributed by atoms with Gasteiger partial charge in [-0.2, -0.15) is 0 Å². The van der Waals surface area contributed by atoms with Gasteiger partial charge in [0.1, 0.15) is 0 Å². The molecule has 5 nitrogen and oxygen atoms in total. The number of hydrogen-bond acceptors (Lipinski definition) is 4. The molecule has 0 N–H and O–H groups in total. The van der Waals surface area contributed by atoms with Crippen molar-refractivity contribution in [3.63, 3.8) is 0 Å². The summed E-state index contributed by atoms with van der Waals surface area (Å²) in [5, 5.41) is 16.7. The van der Waals surface area contributed by atoms with Crippen LogP contribution < -0.4 is 148 Å². The van der Waals surface area contributed by atoms with Gasteiger partial charge >= 0.3 is 187 Å². The van der Waals surface area contributed by atoms with Gasteiger partial charge < -0.3 is 19.9 Å². The number of rotatable bonds is 0. The SMILES string of the molecule is CN1CCCC1=O.O=C([O-])[O-].[Cs+].[Cs+].[I][Cu][I]. The molecule has 0 aromatic rings. The molecule has 0 radical (unpaired) electrons. The fourth-order valence-electron chi connectivity index (χ4n) is 0.783. The van der Waals surface area contributed by atoms with Gasteiger partial charge in [-0.1, -0.05) is 0 Å². The van der Waals surface area contributed by atoms with Crippen LogP contribution in [-0.2, 0) is 13.3 Å². The Labute approximate surface area is 242 Å². The summed E-state index contributed by atoms with van der Waals surface area (Å²) in [6.45, 7) is 0.957. The van der Waals surface area contributed by atoms with Crippen molar-refractivity contribution in [2.45, 2.75) is 12.8 Å². The standard InChI is InChI=1S/C5H9NO.CH2O3.2Cs.Cu.2HI/c1-6-4-2-3-5(6)7;2-1(3)4;;;;;/h2-4H2,1H3;(H2,2,3,4);;;;2*1H/q;;2*+1;+2;;/p-4. The van der Waals surface area contributed by atoms with Gasteiger partial charge in [0.2, 0.25) is 5.91 Å². The molecule has 1 saturated heterocycles. The van der Waals surface area contributed by atoms with Gasteiger partial charge in [-0.25, -0.2) is 0 Å². The van der Waals surface area contributed by atoms with Gasteiger partial charge in [0.15, 0.2) is 0 Å². The first-order valence-corrected chi connectivity index (χ1v) is 9.46. The van der Waals surface area contributed by atoms with E-state index in [1.54, 1.807) is 13.4 Å². The summed E-state index contributed by atoms with van der Waals surface area (Å²) >= 11 is 4.36. The normalized spacial score (nSPS) is 12.2. The van der Waals surface area contributed by atoms with Crippen LogP contribution in [0.5, 0.6) is 0 Å². The van der Waals surface area contributed by atoms with E-state index in [2.05, 4.69) is 40.7 Å². The van der Waals surface area contributed by atoms with Gasteiger partial charge in [0, 0.05) is 20.0 Å². The number of amides is 1. The zero-order valence-electron chi connectivity index (χ0n) is 9.26. The second-order valence-corrected chi connectivity index (χ2v) is 10.2. The first-order chi connectivity index (χ1) is 6.45. The molecule has 0 saturated carbocycles. The molecule has 0 aromatic heterocycles. The number of carbonyl (C=O) groups is 2. The van der Waals surface area contributed by atoms with Crippen LogP contribution in [0.4, 0.5) is 4.79 Å². The number of likely N-dealkylation sites (tertiary alicyclic amines) is 1. The molecule has 10 heteroatoms. The first-order valence-electron chi connectivity index (χ1n) is 3.39. The van der Waals surface area contributed by atoms with Crippen LogP contribution in [0.2, 0.25) is 0 Å². The van der Waals surface area contributed by atoms with Gasteiger partial charge in [-0.3, -0.25) is 4.79 Å². The van der Waals surface area contributed by atoms with Crippen LogP contribution in [0.1, 0.15) is 12.8 Å². The Morgan fingerprint density at radius 1 is 1.38 bits per heavy atom. The van der Waals surface area contributed by atoms with Crippen molar-refractivity contribution in [1.29, 1.82) is 0 Å². The molecular formula is C6H9Cs2CuI2NO4. The minimum absolute atomic E-state index is 0. The molecule has 1 aliphatic rings. The van der Waals surface area contributed by atoms with Crippen LogP contribution in [0, 0.1) is 0 Å². The topological polar surface area (TPSA) is 83.5 Å². The summed E-state index contributed by atoms with van der Waals surface area (Å²) in [5.74, 6) is 0.292. The molecule has 1 rings (SSSR count). The van der Waals surface area contributed by atoms with Crippen LogP contribution in [0.3, 0.4) is 0 Å². The molecule has 0 spiro atoms. The number of carbonyl (C=O) groups excluding carboxylic acids is 2. The third-order valence-corrected chi connectivity index (χ3v) is 1.31. The summed E-state index contributed by atoms with van der Waals surface area (Å²) in [4.78, 5) is 20.6. The quantitative estimate of drug-likeness (QED) is 0.183. The third-order valence-electron chi connectivity index (χ3n) is 1.31. The number of carboxylic acid groups (broad SMARTS) is 2.